The van der Waals surface area contributed by atoms with Crippen molar-refractivity contribution in [2.75, 3.05) is 25.1 Å². The largest absolute Gasteiger partial charge is 0.477 e. The SMILES string of the molecule is N#Cc1c(NC(=O)O)sc2c(F)ccc(-c3c4c(c5ccc(OCC6COC6)nc5c3Cl)COC4)c12. The number of aromatic nitrogens is 1. The molecule has 4 aromatic rings. The van der Waals surface area contributed by atoms with E-state index in [1.54, 1.807) is 12.1 Å². The standard InChI is InChI=1S/C25H17ClFN3O5S/c26-21-19(13-1-3-17(27)23-20(13)14(5-28)24(36-23)30-25(31)32)16-10-34-9-15(16)12-2-4-18(29-22(12)21)35-8-11-6-33-7-11/h1-4,11,30H,6-10H2,(H,31,32). The van der Waals surface area contributed by atoms with Crippen molar-refractivity contribution < 1.29 is 28.5 Å². The van der Waals surface area contributed by atoms with E-state index in [1.807, 2.05) is 12.1 Å². The second-order valence-electron chi connectivity index (χ2n) is 8.55. The van der Waals surface area contributed by atoms with E-state index in [-0.39, 0.29) is 21.9 Å². The van der Waals surface area contributed by atoms with Crippen LogP contribution < -0.4 is 10.1 Å². The topological polar surface area (TPSA) is 114 Å². The Labute approximate surface area is 212 Å². The number of fused-ring (bicyclic) bond motifs is 4. The molecule has 2 N–H and O–H groups in total. The summed E-state index contributed by atoms with van der Waals surface area (Å²) in [4.78, 5) is 16.0. The van der Waals surface area contributed by atoms with E-state index in [1.165, 1.54) is 6.07 Å². The number of ether oxygens (including phenoxy) is 3. The van der Waals surface area contributed by atoms with Gasteiger partial charge in [-0.3, -0.25) is 5.32 Å². The Morgan fingerprint density at radius 3 is 2.81 bits per heavy atom. The number of rotatable bonds is 5. The maximum absolute atomic E-state index is 14.8. The van der Waals surface area contributed by atoms with Gasteiger partial charge in [-0.25, -0.2) is 14.2 Å². The minimum Gasteiger partial charge on any atom is -0.477 e. The predicted octanol–water partition coefficient (Wildman–Crippen LogP) is 5.93. The van der Waals surface area contributed by atoms with Gasteiger partial charge in [0.1, 0.15) is 16.9 Å². The molecule has 1 amide bonds. The Kier molecular flexibility index (Phi) is 5.65. The first kappa shape index (κ1) is 22.9. The first-order valence-corrected chi connectivity index (χ1v) is 12.2. The van der Waals surface area contributed by atoms with Crippen molar-refractivity contribution in [2.24, 2.45) is 5.92 Å². The Hall–Kier alpha value is -3.49. The Morgan fingerprint density at radius 2 is 2.08 bits per heavy atom. The quantitative estimate of drug-likeness (QED) is 0.332. The molecule has 2 aliphatic heterocycles. The van der Waals surface area contributed by atoms with Gasteiger partial charge in [-0.15, -0.1) is 11.3 Å². The van der Waals surface area contributed by atoms with Crippen LogP contribution in [0.2, 0.25) is 5.02 Å². The maximum atomic E-state index is 14.8. The van der Waals surface area contributed by atoms with Crippen LogP contribution in [0.5, 0.6) is 5.88 Å². The van der Waals surface area contributed by atoms with Gasteiger partial charge in [0.25, 0.3) is 0 Å². The van der Waals surface area contributed by atoms with Crippen molar-refractivity contribution in [3.8, 4) is 23.1 Å². The van der Waals surface area contributed by atoms with Crippen LogP contribution in [-0.4, -0.2) is 36.0 Å². The Balaban J connectivity index is 1.58. The fraction of sp³-hybridized carbons (Fsp3) is 0.240. The molecule has 0 bridgehead atoms. The monoisotopic (exact) mass is 525 g/mol. The third-order valence-electron chi connectivity index (χ3n) is 6.35. The summed E-state index contributed by atoms with van der Waals surface area (Å²) in [5.41, 5.74) is 3.36. The average Bonchev–Trinajstić information content (AvgIpc) is 3.44. The van der Waals surface area contributed by atoms with Gasteiger partial charge in [0.15, 0.2) is 0 Å². The molecule has 2 aromatic carbocycles. The van der Waals surface area contributed by atoms with E-state index >= 15 is 0 Å². The molecule has 1 fully saturated rings. The lowest BCUT2D eigenvalue weighted by molar-refractivity contribution is -0.0513. The number of benzene rings is 2. The van der Waals surface area contributed by atoms with Crippen LogP contribution in [0.4, 0.5) is 14.2 Å². The molecule has 182 valence electrons. The molecule has 0 atom stereocenters. The van der Waals surface area contributed by atoms with E-state index in [2.05, 4.69) is 10.3 Å². The summed E-state index contributed by atoms with van der Waals surface area (Å²) >= 11 is 7.85. The number of anilines is 1. The van der Waals surface area contributed by atoms with E-state index in [4.69, 9.17) is 25.8 Å². The Bertz CT molecular complexity index is 1610. The second kappa shape index (κ2) is 8.87. The summed E-state index contributed by atoms with van der Waals surface area (Å²) < 4.78 is 31.8. The van der Waals surface area contributed by atoms with Gasteiger partial charge in [-0.1, -0.05) is 17.7 Å². The molecule has 2 aliphatic rings. The van der Waals surface area contributed by atoms with Crippen LogP contribution in [0, 0.1) is 23.1 Å². The first-order chi connectivity index (χ1) is 17.5. The summed E-state index contributed by atoms with van der Waals surface area (Å²) in [7, 11) is 0. The minimum atomic E-state index is -1.34. The number of nitrogens with one attached hydrogen (secondary N) is 1. The second-order valence-corrected chi connectivity index (χ2v) is 9.94. The highest BCUT2D eigenvalue weighted by Gasteiger charge is 2.29. The number of halogens is 2. The van der Waals surface area contributed by atoms with Crippen molar-refractivity contribution in [3.63, 3.8) is 0 Å². The normalized spacial score (nSPS) is 15.0. The number of carboxylic acid groups (broad SMARTS) is 1. The number of pyridine rings is 1. The molecule has 8 nitrogen and oxygen atoms in total. The number of thiophene rings is 1. The molecule has 6 rings (SSSR count). The number of nitrogens with zero attached hydrogens (tertiary/aromatic N) is 2. The fourth-order valence-corrected chi connectivity index (χ4v) is 6.04. The third-order valence-corrected chi connectivity index (χ3v) is 7.83. The summed E-state index contributed by atoms with van der Waals surface area (Å²) in [6.07, 6.45) is -1.34. The molecule has 4 heterocycles. The maximum Gasteiger partial charge on any atom is 0.409 e. The van der Waals surface area contributed by atoms with Crippen LogP contribution in [0.3, 0.4) is 0 Å². The van der Waals surface area contributed by atoms with Gasteiger partial charge >= 0.3 is 6.09 Å². The first-order valence-electron chi connectivity index (χ1n) is 11.0. The highest BCUT2D eigenvalue weighted by Crippen LogP contribution is 2.48. The molecule has 0 aliphatic carbocycles. The van der Waals surface area contributed by atoms with Crippen LogP contribution in [-0.2, 0) is 22.7 Å². The van der Waals surface area contributed by atoms with Crippen molar-refractivity contribution >= 4 is 55.0 Å². The zero-order valence-corrected chi connectivity index (χ0v) is 20.1. The predicted molar refractivity (Wildman–Crippen MR) is 132 cm³/mol. The highest BCUT2D eigenvalue weighted by molar-refractivity contribution is 7.23. The zero-order chi connectivity index (χ0) is 25.0. The number of hydrogen-bond donors (Lipinski definition) is 2. The van der Waals surface area contributed by atoms with Crippen LogP contribution >= 0.6 is 22.9 Å². The summed E-state index contributed by atoms with van der Waals surface area (Å²) in [5, 5.41) is 22.8. The molecule has 0 spiro atoms. The minimum absolute atomic E-state index is 0.0310. The van der Waals surface area contributed by atoms with Gasteiger partial charge in [-0.05, 0) is 28.8 Å². The van der Waals surface area contributed by atoms with Crippen LogP contribution in [0.1, 0.15) is 16.7 Å². The van der Waals surface area contributed by atoms with Gasteiger partial charge in [0, 0.05) is 28.3 Å². The van der Waals surface area contributed by atoms with Crippen molar-refractivity contribution in [1.29, 1.82) is 5.26 Å². The molecule has 1 saturated heterocycles. The van der Waals surface area contributed by atoms with Gasteiger partial charge in [-0.2, -0.15) is 5.26 Å². The smallest absolute Gasteiger partial charge is 0.409 e. The van der Waals surface area contributed by atoms with E-state index in [9.17, 15) is 19.6 Å². The summed E-state index contributed by atoms with van der Waals surface area (Å²) in [6.45, 7) is 2.43. The van der Waals surface area contributed by atoms with Crippen molar-refractivity contribution in [3.05, 3.63) is 51.8 Å². The lowest BCUT2D eigenvalue weighted by Crippen LogP contribution is -2.32. The molecule has 0 saturated carbocycles. The van der Waals surface area contributed by atoms with Gasteiger partial charge < -0.3 is 19.3 Å². The third kappa shape index (κ3) is 3.63. The van der Waals surface area contributed by atoms with Crippen LogP contribution in [0.25, 0.3) is 32.1 Å². The molecule has 11 heteroatoms. The summed E-state index contributed by atoms with van der Waals surface area (Å²) in [6, 6.07) is 8.57. The van der Waals surface area contributed by atoms with Crippen molar-refractivity contribution in [1.82, 2.24) is 4.98 Å². The van der Waals surface area contributed by atoms with Gasteiger partial charge in [0.2, 0.25) is 5.88 Å². The lowest BCUT2D eigenvalue weighted by Gasteiger charge is -2.25. The molecule has 0 radical (unpaired) electrons. The number of nitriles is 1. The van der Waals surface area contributed by atoms with E-state index in [0.717, 1.165) is 27.8 Å². The van der Waals surface area contributed by atoms with E-state index in [0.29, 0.717) is 65.3 Å². The average molecular weight is 526 g/mol. The molecular formula is C25H17ClFN3O5S. The van der Waals surface area contributed by atoms with E-state index < -0.39 is 11.9 Å². The molecular weight excluding hydrogens is 509 g/mol. The summed E-state index contributed by atoms with van der Waals surface area (Å²) in [5.74, 6) is 0.185. The van der Waals surface area contributed by atoms with Gasteiger partial charge in [0.05, 0.1) is 53.8 Å². The number of carbonyl (C=O) groups is 1. The lowest BCUT2D eigenvalue weighted by atomic mass is 9.91. The Morgan fingerprint density at radius 1 is 1.28 bits per heavy atom. The molecule has 2 aromatic heterocycles. The fourth-order valence-electron chi connectivity index (χ4n) is 4.61. The van der Waals surface area contributed by atoms with Crippen molar-refractivity contribution in [2.45, 2.75) is 13.2 Å². The zero-order valence-electron chi connectivity index (χ0n) is 18.6. The molecule has 0 unspecified atom stereocenters. The molecule has 36 heavy (non-hydrogen) atoms. The highest BCUT2D eigenvalue weighted by atomic mass is 35.5. The number of amides is 1. The van der Waals surface area contributed by atoms with Crippen LogP contribution in [0.15, 0.2) is 24.3 Å². The number of hydrogen-bond acceptors (Lipinski definition) is 7.